The molecule has 3 aliphatic heterocycles. The molecule has 3 heterocycles. The molecule has 0 aliphatic carbocycles. The van der Waals surface area contributed by atoms with Crippen molar-refractivity contribution < 1.29 is 24.2 Å². The number of hydrogen-bond donors (Lipinski definition) is 1. The summed E-state index contributed by atoms with van der Waals surface area (Å²) < 4.78 is 6.98. The lowest BCUT2D eigenvalue weighted by Gasteiger charge is -2.39. The zero-order chi connectivity index (χ0) is 31.5. The van der Waals surface area contributed by atoms with Crippen LogP contribution in [0.4, 0.5) is 5.69 Å². The summed E-state index contributed by atoms with van der Waals surface area (Å²) >= 11 is 0. The minimum absolute atomic E-state index is 0.0222. The summed E-state index contributed by atoms with van der Waals surface area (Å²) in [5.74, 6) is -1.89. The van der Waals surface area contributed by atoms with Crippen molar-refractivity contribution in [3.05, 3.63) is 54.6 Å². The fraction of sp³-hybridized carbons (Fsp3) is 0.629. The van der Waals surface area contributed by atoms with Crippen molar-refractivity contribution in [3.63, 3.8) is 0 Å². The number of carbonyl (C=O) groups is 3. The monoisotopic (exact) mass is 593 g/mol. The minimum Gasteiger partial charge on any atom is -0.396 e. The lowest BCUT2D eigenvalue weighted by molar-refractivity contribution is -0.151. The van der Waals surface area contributed by atoms with Crippen molar-refractivity contribution in [1.29, 1.82) is 0 Å². The maximum atomic E-state index is 14.9. The van der Waals surface area contributed by atoms with Gasteiger partial charge < -0.3 is 24.5 Å². The fourth-order valence-electron chi connectivity index (χ4n) is 7.89. The molecule has 1 aromatic rings. The first-order valence-electron chi connectivity index (χ1n) is 16.0. The Morgan fingerprint density at radius 1 is 1.12 bits per heavy atom. The molecule has 8 nitrogen and oxygen atoms in total. The molecule has 1 spiro atoms. The van der Waals surface area contributed by atoms with E-state index in [0.29, 0.717) is 38.9 Å². The molecule has 3 aliphatic rings. The highest BCUT2D eigenvalue weighted by molar-refractivity contribution is 6.05. The van der Waals surface area contributed by atoms with Gasteiger partial charge in [0.25, 0.3) is 5.91 Å². The highest BCUT2D eigenvalue weighted by Crippen LogP contribution is 2.65. The molecule has 3 fully saturated rings. The highest BCUT2D eigenvalue weighted by Gasteiger charge is 2.80. The van der Waals surface area contributed by atoms with Crippen LogP contribution < -0.4 is 4.90 Å². The molecule has 4 rings (SSSR count). The van der Waals surface area contributed by atoms with E-state index in [1.165, 1.54) is 0 Å². The van der Waals surface area contributed by atoms with Crippen molar-refractivity contribution in [2.24, 2.45) is 17.8 Å². The first-order valence-corrected chi connectivity index (χ1v) is 16.0. The van der Waals surface area contributed by atoms with Gasteiger partial charge >= 0.3 is 0 Å². The summed E-state index contributed by atoms with van der Waals surface area (Å²) in [6.45, 7) is 19.6. The van der Waals surface area contributed by atoms with E-state index in [4.69, 9.17) is 4.74 Å². The van der Waals surface area contributed by atoms with Gasteiger partial charge in [-0.1, -0.05) is 51.0 Å². The number of rotatable bonds is 15. The average Bonchev–Trinajstić information content (AvgIpc) is 3.48. The summed E-state index contributed by atoms with van der Waals surface area (Å²) in [5, 5.41) is 9.25. The molecule has 1 N–H and O–H groups in total. The Morgan fingerprint density at radius 3 is 2.47 bits per heavy atom. The number of likely N-dealkylation sites (tertiary alicyclic amines) is 1. The number of benzene rings is 1. The van der Waals surface area contributed by atoms with Crippen molar-refractivity contribution in [1.82, 2.24) is 9.80 Å². The summed E-state index contributed by atoms with van der Waals surface area (Å²) in [6, 6.07) is 5.17. The second-order valence-electron chi connectivity index (χ2n) is 13.0. The largest absolute Gasteiger partial charge is 0.396 e. The van der Waals surface area contributed by atoms with Gasteiger partial charge in [0, 0.05) is 38.5 Å². The number of anilines is 1. The van der Waals surface area contributed by atoms with E-state index in [2.05, 4.69) is 20.1 Å². The Morgan fingerprint density at radius 2 is 1.81 bits per heavy atom. The van der Waals surface area contributed by atoms with Crippen LogP contribution in [0.25, 0.3) is 0 Å². The van der Waals surface area contributed by atoms with Crippen LogP contribution in [0.1, 0.15) is 70.4 Å². The van der Waals surface area contributed by atoms with Gasteiger partial charge in [0.2, 0.25) is 11.8 Å². The van der Waals surface area contributed by atoms with Crippen LogP contribution in [0.15, 0.2) is 43.5 Å². The molecule has 8 heteroatoms. The van der Waals surface area contributed by atoms with Crippen LogP contribution in [0.5, 0.6) is 0 Å². The maximum absolute atomic E-state index is 14.9. The van der Waals surface area contributed by atoms with Gasteiger partial charge in [-0.15, -0.1) is 13.2 Å². The van der Waals surface area contributed by atoms with E-state index < -0.39 is 29.1 Å². The molecule has 3 saturated heterocycles. The number of hydrogen-bond acceptors (Lipinski definition) is 5. The molecular formula is C35H51N3O5. The Bertz CT molecular complexity index is 1230. The van der Waals surface area contributed by atoms with Gasteiger partial charge in [-0.2, -0.15) is 0 Å². The average molecular weight is 594 g/mol. The van der Waals surface area contributed by atoms with Gasteiger partial charge in [0.15, 0.2) is 0 Å². The zero-order valence-corrected chi connectivity index (χ0v) is 26.8. The SMILES string of the molecule is C=CCN(CCC)C(=O)[C@@H]1[C@H]2C(=O)N(CCCCCCO)C(C(=O)N(CC=C)c3cc(C)ccc3C)C23CC(C)[C@@]1(C)O3. The molecule has 2 bridgehead atoms. The standard InChI is InChI=1S/C35H51N3O5/c1-8-17-36(18-9-2)31(40)28-29-32(41)38(20-13-11-12-14-21-39)30(35(29)23-26(6)34(28,7)43-35)33(42)37(19-10-3)27-22-24(4)15-16-25(27)5/h8,10,15-16,22,26,28-30,39H,1,3,9,11-14,17-21,23H2,2,4-7H3/t26?,28-,29-,30?,34+,35?/m0/s1. The number of ether oxygens (including phenoxy) is 1. The number of carbonyl (C=O) groups excluding carboxylic acids is 3. The highest BCUT2D eigenvalue weighted by atomic mass is 16.5. The smallest absolute Gasteiger partial charge is 0.253 e. The van der Waals surface area contributed by atoms with E-state index in [-0.39, 0.29) is 36.8 Å². The molecule has 236 valence electrons. The molecular weight excluding hydrogens is 542 g/mol. The van der Waals surface area contributed by atoms with Crippen LogP contribution in [0.3, 0.4) is 0 Å². The second-order valence-corrected chi connectivity index (χ2v) is 13.0. The van der Waals surface area contributed by atoms with E-state index >= 15 is 0 Å². The summed E-state index contributed by atoms with van der Waals surface area (Å²) in [5.41, 5.74) is 0.819. The summed E-state index contributed by atoms with van der Waals surface area (Å²) in [7, 11) is 0. The van der Waals surface area contributed by atoms with Gasteiger partial charge in [-0.05, 0) is 69.6 Å². The van der Waals surface area contributed by atoms with Crippen LogP contribution in [0, 0.1) is 31.6 Å². The molecule has 0 aromatic heterocycles. The van der Waals surface area contributed by atoms with Gasteiger partial charge in [-0.3, -0.25) is 14.4 Å². The van der Waals surface area contributed by atoms with Crippen molar-refractivity contribution >= 4 is 23.4 Å². The molecule has 1 aromatic carbocycles. The Kier molecular flexibility index (Phi) is 10.2. The normalized spacial score (nSPS) is 29.1. The second kappa shape index (κ2) is 13.3. The quantitative estimate of drug-likeness (QED) is 0.233. The summed E-state index contributed by atoms with van der Waals surface area (Å²) in [4.78, 5) is 49.0. The van der Waals surface area contributed by atoms with Crippen LogP contribution in [-0.4, -0.2) is 82.7 Å². The van der Waals surface area contributed by atoms with Crippen molar-refractivity contribution in [2.45, 2.75) is 90.4 Å². The molecule has 3 unspecified atom stereocenters. The molecule has 3 amide bonds. The topological polar surface area (TPSA) is 90.4 Å². The predicted octanol–water partition coefficient (Wildman–Crippen LogP) is 4.81. The van der Waals surface area contributed by atoms with Gasteiger partial charge in [-0.25, -0.2) is 0 Å². The first-order chi connectivity index (χ1) is 20.5. The lowest BCUT2D eigenvalue weighted by atomic mass is 9.62. The number of unbranched alkanes of at least 4 members (excludes halogenated alkanes) is 3. The van der Waals surface area contributed by atoms with Crippen LogP contribution in [-0.2, 0) is 19.1 Å². The number of fused-ring (bicyclic) bond motifs is 1. The predicted molar refractivity (Wildman–Crippen MR) is 170 cm³/mol. The Labute approximate surface area is 257 Å². The number of amides is 3. The Balaban J connectivity index is 1.81. The number of nitrogens with zero attached hydrogens (tertiary/aromatic N) is 3. The molecule has 6 atom stereocenters. The Hall–Kier alpha value is -2.97. The minimum atomic E-state index is -1.10. The lowest BCUT2D eigenvalue weighted by Crippen LogP contribution is -2.57. The van der Waals surface area contributed by atoms with E-state index in [9.17, 15) is 19.5 Å². The van der Waals surface area contributed by atoms with Gasteiger partial charge in [0.1, 0.15) is 11.6 Å². The maximum Gasteiger partial charge on any atom is 0.253 e. The number of aliphatic hydroxyl groups is 1. The van der Waals surface area contributed by atoms with Gasteiger partial charge in [0.05, 0.1) is 17.4 Å². The molecule has 43 heavy (non-hydrogen) atoms. The molecule has 0 saturated carbocycles. The fourth-order valence-corrected chi connectivity index (χ4v) is 7.89. The van der Waals surface area contributed by atoms with E-state index in [0.717, 1.165) is 36.1 Å². The first kappa shape index (κ1) is 32.9. The zero-order valence-electron chi connectivity index (χ0n) is 26.8. The number of aryl methyl sites for hydroxylation is 2. The van der Waals surface area contributed by atoms with Crippen LogP contribution >= 0.6 is 0 Å². The van der Waals surface area contributed by atoms with E-state index in [1.807, 2.05) is 45.9 Å². The van der Waals surface area contributed by atoms with Crippen molar-refractivity contribution in [2.75, 3.05) is 37.7 Å². The molecule has 0 radical (unpaired) electrons. The summed E-state index contributed by atoms with van der Waals surface area (Å²) in [6.07, 6.45) is 7.84. The third-order valence-electron chi connectivity index (χ3n) is 10.0. The third kappa shape index (κ3) is 5.68. The van der Waals surface area contributed by atoms with E-state index in [1.54, 1.807) is 26.9 Å². The van der Waals surface area contributed by atoms with Crippen LogP contribution in [0.2, 0.25) is 0 Å². The number of aliphatic hydroxyl groups excluding tert-OH is 1. The third-order valence-corrected chi connectivity index (χ3v) is 10.0. The van der Waals surface area contributed by atoms with Crippen molar-refractivity contribution in [3.8, 4) is 0 Å².